The lowest BCUT2D eigenvalue weighted by Gasteiger charge is -2.25. The molecule has 0 aliphatic carbocycles. The molecule has 176 valence electrons. The summed E-state index contributed by atoms with van der Waals surface area (Å²) in [6.45, 7) is 5.29. The Kier molecular flexibility index (Phi) is 8.17. The summed E-state index contributed by atoms with van der Waals surface area (Å²) in [7, 11) is 0. The van der Waals surface area contributed by atoms with Gasteiger partial charge in [-0.05, 0) is 61.7 Å². The predicted molar refractivity (Wildman–Crippen MR) is 133 cm³/mol. The molecule has 1 aliphatic heterocycles. The molecule has 1 aliphatic rings. The Morgan fingerprint density at radius 2 is 1.65 bits per heavy atom. The van der Waals surface area contributed by atoms with Crippen LogP contribution >= 0.6 is 0 Å². The lowest BCUT2D eigenvalue weighted by atomic mass is 10.0. The molecule has 0 radical (unpaired) electrons. The molecule has 0 spiro atoms. The van der Waals surface area contributed by atoms with E-state index in [1.165, 1.54) is 12.5 Å². The standard InChI is InChI=1S/C17H15N5O2.C8H13NO/c18-14(13-15(19)21-17(23)22-16(13)20)10-6-8-12(9-7-10)24-11-4-2-1-3-5-11;1-2-8(10)9-6-4-3-5-7-9/h1-9,18H,(H5,19,20,21,22,23);2H,1,3-7H2. The molecule has 2 aromatic carbocycles. The summed E-state index contributed by atoms with van der Waals surface area (Å²) in [6, 6.07) is 16.3. The van der Waals surface area contributed by atoms with Crippen molar-refractivity contribution in [2.75, 3.05) is 24.6 Å². The number of hydrogen-bond donors (Lipinski definition) is 4. The van der Waals surface area contributed by atoms with Crippen LogP contribution in [0.15, 0.2) is 72.0 Å². The molecule has 9 heteroatoms. The Balaban J connectivity index is 0.000000271. The van der Waals surface area contributed by atoms with E-state index >= 15 is 0 Å². The van der Waals surface area contributed by atoms with Gasteiger partial charge in [-0.3, -0.25) is 15.2 Å². The van der Waals surface area contributed by atoms with E-state index < -0.39 is 5.69 Å². The maximum atomic E-state index is 11.2. The minimum absolute atomic E-state index is 0.0158. The van der Waals surface area contributed by atoms with Crippen molar-refractivity contribution in [3.05, 3.63) is 88.9 Å². The van der Waals surface area contributed by atoms with Gasteiger partial charge in [0.15, 0.2) is 0 Å². The van der Waals surface area contributed by atoms with E-state index in [2.05, 4.69) is 16.5 Å². The molecule has 0 atom stereocenters. The number of para-hydroxylation sites is 1. The van der Waals surface area contributed by atoms with Crippen molar-refractivity contribution >= 4 is 23.3 Å². The molecule has 1 aromatic heterocycles. The number of ether oxygens (including phenoxy) is 1. The summed E-state index contributed by atoms with van der Waals surface area (Å²) >= 11 is 0. The number of carbonyl (C=O) groups is 1. The molecular weight excluding hydrogens is 432 g/mol. The number of piperidine rings is 1. The van der Waals surface area contributed by atoms with E-state index in [9.17, 15) is 9.59 Å². The third kappa shape index (κ3) is 6.32. The Hall–Kier alpha value is -4.40. The van der Waals surface area contributed by atoms with Gasteiger partial charge in [0, 0.05) is 18.7 Å². The lowest BCUT2D eigenvalue weighted by Crippen LogP contribution is -2.34. The second-order valence-corrected chi connectivity index (χ2v) is 7.62. The number of nitrogens with one attached hydrogen (secondary N) is 2. The summed E-state index contributed by atoms with van der Waals surface area (Å²) < 4.78 is 5.70. The third-order valence-corrected chi connectivity index (χ3v) is 5.20. The van der Waals surface area contributed by atoms with Crippen molar-refractivity contribution in [2.24, 2.45) is 0 Å². The Morgan fingerprint density at radius 3 is 2.24 bits per heavy atom. The smallest absolute Gasteiger partial charge is 0.348 e. The SMILES string of the molecule is C=CC(=O)N1CCCCC1.N=C(c1ccc(Oc2ccccc2)cc1)c1c(N)nc(=O)[nH]c1N. The fraction of sp³-hybridized carbons (Fsp3) is 0.200. The van der Waals surface area contributed by atoms with Gasteiger partial charge in [0.25, 0.3) is 0 Å². The number of aromatic nitrogens is 2. The average molecular weight is 461 g/mol. The fourth-order valence-electron chi connectivity index (χ4n) is 3.47. The van der Waals surface area contributed by atoms with Gasteiger partial charge in [-0.1, -0.05) is 24.8 Å². The fourth-order valence-corrected chi connectivity index (χ4v) is 3.47. The number of H-pyrrole nitrogens is 1. The van der Waals surface area contributed by atoms with Gasteiger partial charge in [0.1, 0.15) is 23.1 Å². The number of carbonyl (C=O) groups excluding carboxylic acids is 1. The van der Waals surface area contributed by atoms with Crippen LogP contribution < -0.4 is 21.9 Å². The monoisotopic (exact) mass is 460 g/mol. The van der Waals surface area contributed by atoms with E-state index in [0.29, 0.717) is 11.3 Å². The highest BCUT2D eigenvalue weighted by molar-refractivity contribution is 6.15. The number of anilines is 2. The van der Waals surface area contributed by atoms with E-state index in [1.807, 2.05) is 35.2 Å². The number of nitrogen functional groups attached to an aromatic ring is 2. The normalized spacial score (nSPS) is 12.8. The molecule has 6 N–H and O–H groups in total. The number of amides is 1. The quantitative estimate of drug-likeness (QED) is 0.339. The van der Waals surface area contributed by atoms with E-state index in [0.717, 1.165) is 31.7 Å². The third-order valence-electron chi connectivity index (χ3n) is 5.20. The van der Waals surface area contributed by atoms with E-state index in [1.54, 1.807) is 24.3 Å². The van der Waals surface area contributed by atoms with Gasteiger partial charge in [-0.15, -0.1) is 0 Å². The highest BCUT2D eigenvalue weighted by Gasteiger charge is 2.15. The van der Waals surface area contributed by atoms with Gasteiger partial charge in [0.05, 0.1) is 11.3 Å². The summed E-state index contributed by atoms with van der Waals surface area (Å²) in [5.74, 6) is 1.38. The minimum atomic E-state index is -0.645. The first-order valence-corrected chi connectivity index (χ1v) is 10.9. The Bertz CT molecular complexity index is 1170. The van der Waals surface area contributed by atoms with Crippen LogP contribution in [0.1, 0.15) is 30.4 Å². The number of benzene rings is 2. The topological polar surface area (TPSA) is 151 Å². The van der Waals surface area contributed by atoms with Crippen LogP contribution in [0.4, 0.5) is 11.6 Å². The van der Waals surface area contributed by atoms with E-state index in [4.69, 9.17) is 21.6 Å². The van der Waals surface area contributed by atoms with Gasteiger partial charge in [-0.2, -0.15) is 4.98 Å². The first-order valence-electron chi connectivity index (χ1n) is 10.9. The Labute approximate surface area is 197 Å². The molecule has 0 bridgehead atoms. The van der Waals surface area contributed by atoms with Crippen LogP contribution in [0.25, 0.3) is 0 Å². The van der Waals surface area contributed by atoms with Crippen molar-refractivity contribution < 1.29 is 9.53 Å². The average Bonchev–Trinajstić information content (AvgIpc) is 2.85. The number of rotatable bonds is 5. The number of nitrogens with two attached hydrogens (primary N) is 2. The summed E-state index contributed by atoms with van der Waals surface area (Å²) in [5, 5.41) is 8.25. The second kappa shape index (κ2) is 11.5. The van der Waals surface area contributed by atoms with Crippen LogP contribution in [0.5, 0.6) is 11.5 Å². The number of aromatic amines is 1. The molecule has 1 fully saturated rings. The number of likely N-dealkylation sites (tertiary alicyclic amines) is 1. The van der Waals surface area contributed by atoms with Crippen molar-refractivity contribution in [3.63, 3.8) is 0 Å². The molecule has 4 rings (SSSR count). The van der Waals surface area contributed by atoms with Gasteiger partial charge < -0.3 is 21.1 Å². The lowest BCUT2D eigenvalue weighted by molar-refractivity contribution is -0.126. The zero-order valence-corrected chi connectivity index (χ0v) is 18.8. The van der Waals surface area contributed by atoms with Crippen molar-refractivity contribution in [2.45, 2.75) is 19.3 Å². The number of hydrogen-bond acceptors (Lipinski definition) is 7. The van der Waals surface area contributed by atoms with Crippen LogP contribution in [-0.4, -0.2) is 39.6 Å². The van der Waals surface area contributed by atoms with E-state index in [-0.39, 0.29) is 28.8 Å². The maximum Gasteiger partial charge on any atom is 0.348 e. The minimum Gasteiger partial charge on any atom is -0.457 e. The van der Waals surface area contributed by atoms with Gasteiger partial charge in [-0.25, -0.2) is 4.79 Å². The first kappa shape index (κ1) is 24.2. The van der Waals surface area contributed by atoms with Crippen molar-refractivity contribution in [1.29, 1.82) is 5.41 Å². The van der Waals surface area contributed by atoms with Gasteiger partial charge in [0.2, 0.25) is 5.91 Å². The Morgan fingerprint density at radius 1 is 1.03 bits per heavy atom. The zero-order chi connectivity index (χ0) is 24.5. The summed E-state index contributed by atoms with van der Waals surface area (Å²) in [5.41, 5.74) is 11.7. The highest BCUT2D eigenvalue weighted by Crippen LogP contribution is 2.23. The van der Waals surface area contributed by atoms with Crippen LogP contribution in [-0.2, 0) is 4.79 Å². The second-order valence-electron chi connectivity index (χ2n) is 7.62. The maximum absolute atomic E-state index is 11.2. The zero-order valence-electron chi connectivity index (χ0n) is 18.8. The highest BCUT2D eigenvalue weighted by atomic mass is 16.5. The van der Waals surface area contributed by atoms with Crippen molar-refractivity contribution in [3.8, 4) is 11.5 Å². The van der Waals surface area contributed by atoms with Gasteiger partial charge >= 0.3 is 5.69 Å². The largest absolute Gasteiger partial charge is 0.457 e. The van der Waals surface area contributed by atoms with Crippen LogP contribution in [0, 0.1) is 5.41 Å². The molecule has 1 amide bonds. The molecule has 1 saturated heterocycles. The first-order chi connectivity index (χ1) is 16.4. The molecule has 0 unspecified atom stereocenters. The molecule has 9 nitrogen and oxygen atoms in total. The molecule has 0 saturated carbocycles. The molecule has 3 aromatic rings. The van der Waals surface area contributed by atoms with Crippen molar-refractivity contribution in [1.82, 2.24) is 14.9 Å². The van der Waals surface area contributed by atoms with Crippen LogP contribution in [0.2, 0.25) is 0 Å². The molecule has 2 heterocycles. The number of nitrogens with zero attached hydrogens (tertiary/aromatic N) is 2. The summed E-state index contributed by atoms with van der Waals surface area (Å²) in [4.78, 5) is 30.0. The van der Waals surface area contributed by atoms with Crippen LogP contribution in [0.3, 0.4) is 0 Å². The molecular formula is C25H28N6O3. The summed E-state index contributed by atoms with van der Waals surface area (Å²) in [6.07, 6.45) is 4.96. The molecule has 34 heavy (non-hydrogen) atoms. The predicted octanol–water partition coefficient (Wildman–Crippen LogP) is 3.33.